The summed E-state index contributed by atoms with van der Waals surface area (Å²) >= 11 is 0. The molecular weight excluding hydrogens is 206 g/mol. The number of aliphatic hydroxyl groups excluding tert-OH is 1. The van der Waals surface area contributed by atoms with Crippen LogP contribution in [0.5, 0.6) is 0 Å². The molecule has 0 aromatic rings. The number of nitrogens with one attached hydrogen (secondary N) is 1. The minimum absolute atomic E-state index is 0.0670. The lowest BCUT2D eigenvalue weighted by atomic mass is 10.1. The first kappa shape index (κ1) is 13.5. The molecule has 1 fully saturated rings. The summed E-state index contributed by atoms with van der Waals surface area (Å²) in [5.41, 5.74) is 0. The standard InChI is InChI=1S/C12H23NO3/c1-10(5-4-7-14)13-12(15)9-11-6-2-3-8-16-11/h10-11,14H,2-9H2,1H3,(H,13,15). The fraction of sp³-hybridized carbons (Fsp3) is 0.917. The Balaban J connectivity index is 2.13. The van der Waals surface area contributed by atoms with Crippen LogP contribution in [-0.2, 0) is 9.53 Å². The highest BCUT2D eigenvalue weighted by molar-refractivity contribution is 5.76. The number of amides is 1. The number of ether oxygens (including phenoxy) is 1. The SMILES string of the molecule is CC(CCCO)NC(=O)CC1CCCCO1. The summed E-state index contributed by atoms with van der Waals surface area (Å²) in [6.07, 6.45) is 5.43. The quantitative estimate of drug-likeness (QED) is 0.720. The summed E-state index contributed by atoms with van der Waals surface area (Å²) < 4.78 is 5.51. The van der Waals surface area contributed by atoms with Gasteiger partial charge in [-0.3, -0.25) is 4.79 Å². The molecule has 1 amide bonds. The molecule has 1 saturated heterocycles. The van der Waals surface area contributed by atoms with Crippen molar-refractivity contribution in [2.45, 2.75) is 57.6 Å². The maximum absolute atomic E-state index is 11.6. The first-order chi connectivity index (χ1) is 7.72. The van der Waals surface area contributed by atoms with Gasteiger partial charge < -0.3 is 15.2 Å². The summed E-state index contributed by atoms with van der Waals surface area (Å²) in [4.78, 5) is 11.6. The van der Waals surface area contributed by atoms with E-state index in [1.165, 1.54) is 0 Å². The van der Waals surface area contributed by atoms with Crippen molar-refractivity contribution in [1.29, 1.82) is 0 Å². The molecule has 2 unspecified atom stereocenters. The second-order valence-electron chi connectivity index (χ2n) is 4.53. The van der Waals surface area contributed by atoms with E-state index in [0.717, 1.165) is 38.7 Å². The van der Waals surface area contributed by atoms with Crippen molar-refractivity contribution in [3.8, 4) is 0 Å². The molecule has 0 aromatic carbocycles. The highest BCUT2D eigenvalue weighted by atomic mass is 16.5. The largest absolute Gasteiger partial charge is 0.396 e. The highest BCUT2D eigenvalue weighted by Gasteiger charge is 2.18. The van der Waals surface area contributed by atoms with Gasteiger partial charge in [0.05, 0.1) is 12.5 Å². The third kappa shape index (κ3) is 5.47. The van der Waals surface area contributed by atoms with Crippen LogP contribution in [-0.4, -0.2) is 36.4 Å². The second-order valence-corrected chi connectivity index (χ2v) is 4.53. The maximum Gasteiger partial charge on any atom is 0.222 e. The van der Waals surface area contributed by atoms with Crippen molar-refractivity contribution < 1.29 is 14.6 Å². The van der Waals surface area contributed by atoms with Crippen LogP contribution in [0.4, 0.5) is 0 Å². The van der Waals surface area contributed by atoms with Gasteiger partial charge in [-0.15, -0.1) is 0 Å². The van der Waals surface area contributed by atoms with Gasteiger partial charge in [-0.25, -0.2) is 0 Å². The third-order valence-electron chi connectivity index (χ3n) is 2.89. The summed E-state index contributed by atoms with van der Waals surface area (Å²) in [5.74, 6) is 0.0670. The number of carbonyl (C=O) groups is 1. The van der Waals surface area contributed by atoms with Crippen molar-refractivity contribution in [3.05, 3.63) is 0 Å². The van der Waals surface area contributed by atoms with Gasteiger partial charge >= 0.3 is 0 Å². The van der Waals surface area contributed by atoms with E-state index < -0.39 is 0 Å². The zero-order chi connectivity index (χ0) is 11.8. The minimum atomic E-state index is 0.0670. The van der Waals surface area contributed by atoms with Gasteiger partial charge in [0.15, 0.2) is 0 Å². The molecule has 94 valence electrons. The Labute approximate surface area is 97.4 Å². The van der Waals surface area contributed by atoms with E-state index in [2.05, 4.69) is 5.32 Å². The third-order valence-corrected chi connectivity index (χ3v) is 2.89. The van der Waals surface area contributed by atoms with E-state index in [9.17, 15) is 4.79 Å². The van der Waals surface area contributed by atoms with Crippen LogP contribution in [0.3, 0.4) is 0 Å². The monoisotopic (exact) mass is 229 g/mol. The lowest BCUT2D eigenvalue weighted by Gasteiger charge is -2.23. The molecule has 0 radical (unpaired) electrons. The molecule has 2 atom stereocenters. The second kappa shape index (κ2) is 7.63. The summed E-state index contributed by atoms with van der Waals surface area (Å²) in [6, 6.07) is 0.142. The zero-order valence-corrected chi connectivity index (χ0v) is 10.1. The molecule has 0 aromatic heterocycles. The molecule has 1 rings (SSSR count). The van der Waals surface area contributed by atoms with E-state index in [0.29, 0.717) is 6.42 Å². The van der Waals surface area contributed by atoms with E-state index in [4.69, 9.17) is 9.84 Å². The van der Waals surface area contributed by atoms with Gasteiger partial charge in [0, 0.05) is 19.3 Å². The lowest BCUT2D eigenvalue weighted by Crippen LogP contribution is -2.36. The Hall–Kier alpha value is -0.610. The number of rotatable bonds is 6. The average molecular weight is 229 g/mol. The van der Waals surface area contributed by atoms with Crippen LogP contribution in [0.2, 0.25) is 0 Å². The van der Waals surface area contributed by atoms with E-state index in [1.807, 2.05) is 6.92 Å². The highest BCUT2D eigenvalue weighted by Crippen LogP contribution is 2.15. The molecule has 0 saturated carbocycles. The van der Waals surface area contributed by atoms with Crippen LogP contribution < -0.4 is 5.32 Å². The smallest absolute Gasteiger partial charge is 0.222 e. The molecule has 4 nitrogen and oxygen atoms in total. The van der Waals surface area contributed by atoms with Crippen molar-refractivity contribution in [2.75, 3.05) is 13.2 Å². The Morgan fingerprint density at radius 2 is 2.38 bits per heavy atom. The molecular formula is C12H23NO3. The summed E-state index contributed by atoms with van der Waals surface area (Å²) in [5, 5.41) is 11.6. The van der Waals surface area contributed by atoms with Crippen LogP contribution in [0.25, 0.3) is 0 Å². The fourth-order valence-corrected chi connectivity index (χ4v) is 1.98. The summed E-state index contributed by atoms with van der Waals surface area (Å²) in [6.45, 7) is 2.94. The van der Waals surface area contributed by atoms with E-state index in [-0.39, 0.29) is 24.7 Å². The van der Waals surface area contributed by atoms with Crippen LogP contribution >= 0.6 is 0 Å². The molecule has 0 bridgehead atoms. The maximum atomic E-state index is 11.6. The molecule has 2 N–H and O–H groups in total. The van der Waals surface area contributed by atoms with Crippen LogP contribution in [0.15, 0.2) is 0 Å². The predicted molar refractivity (Wildman–Crippen MR) is 62.1 cm³/mol. The van der Waals surface area contributed by atoms with Crippen LogP contribution in [0.1, 0.15) is 45.4 Å². The normalized spacial score (nSPS) is 22.8. The number of hydrogen-bond acceptors (Lipinski definition) is 3. The molecule has 1 aliphatic rings. The van der Waals surface area contributed by atoms with Gasteiger partial charge in [-0.05, 0) is 39.0 Å². The number of aliphatic hydroxyl groups is 1. The minimum Gasteiger partial charge on any atom is -0.396 e. The molecule has 4 heteroatoms. The Morgan fingerprint density at radius 1 is 1.56 bits per heavy atom. The average Bonchev–Trinajstić information content (AvgIpc) is 2.27. The molecule has 1 aliphatic heterocycles. The predicted octanol–water partition coefficient (Wildman–Crippen LogP) is 1.22. The zero-order valence-electron chi connectivity index (χ0n) is 10.1. The Bertz CT molecular complexity index is 202. The van der Waals surface area contributed by atoms with Crippen molar-refractivity contribution >= 4 is 5.91 Å². The van der Waals surface area contributed by atoms with Gasteiger partial charge in [0.25, 0.3) is 0 Å². The van der Waals surface area contributed by atoms with Crippen LogP contribution in [0, 0.1) is 0 Å². The summed E-state index contributed by atoms with van der Waals surface area (Å²) in [7, 11) is 0. The van der Waals surface area contributed by atoms with Crippen molar-refractivity contribution in [2.24, 2.45) is 0 Å². The van der Waals surface area contributed by atoms with Gasteiger partial charge in [0.1, 0.15) is 0 Å². The molecule has 1 heterocycles. The van der Waals surface area contributed by atoms with Crippen molar-refractivity contribution in [3.63, 3.8) is 0 Å². The fourth-order valence-electron chi connectivity index (χ4n) is 1.98. The van der Waals surface area contributed by atoms with E-state index >= 15 is 0 Å². The topological polar surface area (TPSA) is 58.6 Å². The molecule has 16 heavy (non-hydrogen) atoms. The molecule has 0 spiro atoms. The number of hydrogen-bond donors (Lipinski definition) is 2. The molecule has 0 aliphatic carbocycles. The van der Waals surface area contributed by atoms with Gasteiger partial charge in [-0.2, -0.15) is 0 Å². The Morgan fingerprint density at radius 3 is 3.00 bits per heavy atom. The first-order valence-corrected chi connectivity index (χ1v) is 6.24. The van der Waals surface area contributed by atoms with Gasteiger partial charge in [-0.1, -0.05) is 0 Å². The Kier molecular flexibility index (Phi) is 6.42. The first-order valence-electron chi connectivity index (χ1n) is 6.24. The van der Waals surface area contributed by atoms with Gasteiger partial charge in [0.2, 0.25) is 5.91 Å². The van der Waals surface area contributed by atoms with Crippen molar-refractivity contribution in [1.82, 2.24) is 5.32 Å². The lowest BCUT2D eigenvalue weighted by molar-refractivity contribution is -0.125. The number of carbonyl (C=O) groups excluding carboxylic acids is 1. The van der Waals surface area contributed by atoms with E-state index in [1.54, 1.807) is 0 Å².